The molecule has 188 valence electrons. The van der Waals surface area contributed by atoms with Gasteiger partial charge in [-0.3, -0.25) is 4.79 Å². The lowest BCUT2D eigenvalue weighted by Crippen LogP contribution is -2.54. The van der Waals surface area contributed by atoms with Crippen molar-refractivity contribution in [3.63, 3.8) is 0 Å². The number of benzene rings is 2. The second-order valence-electron chi connectivity index (χ2n) is 10.4. The van der Waals surface area contributed by atoms with Gasteiger partial charge in [-0.25, -0.2) is 9.59 Å². The maximum absolute atomic E-state index is 13.7. The summed E-state index contributed by atoms with van der Waals surface area (Å²) in [6.45, 7) is 10.4. The van der Waals surface area contributed by atoms with Crippen molar-refractivity contribution < 1.29 is 23.9 Å². The van der Waals surface area contributed by atoms with E-state index >= 15 is 0 Å². The molecule has 1 heterocycles. The Balaban J connectivity index is 2.03. The molecule has 0 saturated carbocycles. The van der Waals surface area contributed by atoms with E-state index in [1.54, 1.807) is 41.5 Å². The molecule has 1 aliphatic rings. The molecule has 7 nitrogen and oxygen atoms in total. The molecule has 0 aromatic heterocycles. The molecule has 3 atom stereocenters. The van der Waals surface area contributed by atoms with Crippen LogP contribution < -0.4 is 5.73 Å². The first-order valence-corrected chi connectivity index (χ1v) is 12.6. The van der Waals surface area contributed by atoms with Crippen LogP contribution in [0.15, 0.2) is 54.6 Å². The van der Waals surface area contributed by atoms with Crippen molar-refractivity contribution in [1.29, 1.82) is 0 Å². The highest BCUT2D eigenvalue weighted by molar-refractivity contribution is 7.99. The number of nitrogens with two attached hydrogens (primary N) is 1. The third-order valence-electron chi connectivity index (χ3n) is 5.17. The van der Waals surface area contributed by atoms with Gasteiger partial charge in [0.1, 0.15) is 22.6 Å². The van der Waals surface area contributed by atoms with Crippen LogP contribution in [-0.2, 0) is 23.9 Å². The zero-order chi connectivity index (χ0) is 26.0. The van der Waals surface area contributed by atoms with Gasteiger partial charge in [0.2, 0.25) is 0 Å². The van der Waals surface area contributed by atoms with Gasteiger partial charge < -0.3 is 20.1 Å². The van der Waals surface area contributed by atoms with Gasteiger partial charge in [-0.15, -0.1) is 11.8 Å². The van der Waals surface area contributed by atoms with E-state index in [-0.39, 0.29) is 0 Å². The zero-order valence-corrected chi connectivity index (χ0v) is 21.9. The van der Waals surface area contributed by atoms with Gasteiger partial charge in [0.05, 0.1) is 0 Å². The largest absolute Gasteiger partial charge is 0.458 e. The van der Waals surface area contributed by atoms with E-state index in [1.165, 1.54) is 16.7 Å². The van der Waals surface area contributed by atoms with Crippen LogP contribution >= 0.6 is 11.8 Å². The quantitative estimate of drug-likeness (QED) is 0.484. The lowest BCUT2D eigenvalue weighted by Gasteiger charge is -2.33. The smallest absolute Gasteiger partial charge is 0.333 e. The molecule has 2 aromatic rings. The van der Waals surface area contributed by atoms with E-state index in [9.17, 15) is 14.4 Å². The topological polar surface area (TPSA) is 98.9 Å². The van der Waals surface area contributed by atoms with E-state index in [0.29, 0.717) is 5.75 Å². The van der Waals surface area contributed by atoms with Gasteiger partial charge in [-0.1, -0.05) is 54.6 Å². The van der Waals surface area contributed by atoms with E-state index in [4.69, 9.17) is 15.2 Å². The number of nitrogens with zero attached hydrogens (tertiary/aromatic N) is 1. The molecule has 1 amide bonds. The number of ether oxygens (including phenoxy) is 2. The number of carbonyl (C=O) groups is 3. The fourth-order valence-electron chi connectivity index (χ4n) is 3.79. The number of hydrogen-bond donors (Lipinski definition) is 1. The normalized spacial score (nSPS) is 19.2. The van der Waals surface area contributed by atoms with Crippen LogP contribution in [0.3, 0.4) is 0 Å². The van der Waals surface area contributed by atoms with Gasteiger partial charge in [-0.2, -0.15) is 0 Å². The second kappa shape index (κ2) is 10.4. The first-order valence-electron chi connectivity index (χ1n) is 11.6. The van der Waals surface area contributed by atoms with Crippen LogP contribution in [0.2, 0.25) is 0 Å². The summed E-state index contributed by atoms with van der Waals surface area (Å²) in [6.07, 6.45) is 0. The summed E-state index contributed by atoms with van der Waals surface area (Å²) < 4.78 is 11.0. The molecule has 0 spiro atoms. The SMILES string of the molecule is CC(C)(C)OC(=O)C(N)C(=O)N1[C@@H](c2ccccc2-c2ccccc2)SC[C@H]1C(=O)OC(C)(C)C. The third-order valence-corrected chi connectivity index (χ3v) is 6.48. The van der Waals surface area contributed by atoms with Crippen molar-refractivity contribution in [3.05, 3.63) is 60.2 Å². The maximum Gasteiger partial charge on any atom is 0.333 e. The van der Waals surface area contributed by atoms with Crippen LogP contribution in [0.25, 0.3) is 11.1 Å². The zero-order valence-electron chi connectivity index (χ0n) is 21.1. The number of amides is 1. The van der Waals surface area contributed by atoms with Crippen molar-refractivity contribution >= 4 is 29.6 Å². The summed E-state index contributed by atoms with van der Waals surface area (Å²) in [5.74, 6) is -1.73. The van der Waals surface area contributed by atoms with E-state index in [0.717, 1.165) is 16.7 Å². The maximum atomic E-state index is 13.7. The fraction of sp³-hybridized carbons (Fsp3) is 0.444. The van der Waals surface area contributed by atoms with Crippen molar-refractivity contribution in [1.82, 2.24) is 4.90 Å². The number of hydrogen-bond acceptors (Lipinski definition) is 7. The molecule has 1 saturated heterocycles. The number of thioether (sulfide) groups is 1. The predicted molar refractivity (Wildman–Crippen MR) is 137 cm³/mol. The molecule has 8 heteroatoms. The first-order chi connectivity index (χ1) is 16.3. The minimum absolute atomic E-state index is 0.315. The Morgan fingerprint density at radius 1 is 0.914 bits per heavy atom. The average Bonchev–Trinajstić information content (AvgIpc) is 3.21. The van der Waals surface area contributed by atoms with E-state index in [2.05, 4.69) is 0 Å². The molecule has 1 fully saturated rings. The first kappa shape index (κ1) is 26.8. The highest BCUT2D eigenvalue weighted by atomic mass is 32.2. The molecule has 2 aromatic carbocycles. The lowest BCUT2D eigenvalue weighted by molar-refractivity contribution is -0.168. The Bertz CT molecular complexity index is 1070. The monoisotopic (exact) mass is 498 g/mol. The third kappa shape index (κ3) is 6.64. The Labute approximate surface area is 211 Å². The molecular weight excluding hydrogens is 464 g/mol. The molecule has 1 unspecified atom stereocenters. The Morgan fingerprint density at radius 2 is 1.49 bits per heavy atom. The summed E-state index contributed by atoms with van der Waals surface area (Å²) in [5, 5.41) is -0.537. The fourth-order valence-corrected chi connectivity index (χ4v) is 5.24. The standard InChI is InChI=1S/C27H34N2O5S/c1-26(2,3)33-24(31)20-16-35-23(29(20)22(30)21(28)25(32)34-27(4,5)6)19-15-11-10-14-18(19)17-12-8-7-9-13-17/h7-15,20-21,23H,16,28H2,1-6H3/t20-,21?,23+/m0/s1. The Morgan fingerprint density at radius 3 is 2.09 bits per heavy atom. The van der Waals surface area contributed by atoms with Crippen molar-refractivity contribution in [2.45, 2.75) is 70.2 Å². The Hall–Kier alpha value is -2.84. The van der Waals surface area contributed by atoms with Crippen LogP contribution in [-0.4, -0.2) is 51.8 Å². The summed E-state index contributed by atoms with van der Waals surface area (Å²) in [7, 11) is 0. The number of esters is 2. The molecule has 3 rings (SSSR count). The van der Waals surface area contributed by atoms with Gasteiger partial charge >= 0.3 is 11.9 Å². The Kier molecular flexibility index (Phi) is 7.97. The average molecular weight is 499 g/mol. The van der Waals surface area contributed by atoms with Gasteiger partial charge in [0, 0.05) is 5.75 Å². The number of carbonyl (C=O) groups excluding carboxylic acids is 3. The number of rotatable bonds is 5. The molecule has 0 radical (unpaired) electrons. The summed E-state index contributed by atoms with van der Waals surface area (Å²) >= 11 is 1.44. The molecular formula is C27H34N2O5S. The van der Waals surface area contributed by atoms with E-state index < -0.39 is 46.5 Å². The van der Waals surface area contributed by atoms with Crippen LogP contribution in [0, 0.1) is 0 Å². The van der Waals surface area contributed by atoms with Crippen LogP contribution in [0.5, 0.6) is 0 Å². The molecule has 2 N–H and O–H groups in total. The minimum atomic E-state index is -1.57. The van der Waals surface area contributed by atoms with Crippen LogP contribution in [0.1, 0.15) is 52.5 Å². The van der Waals surface area contributed by atoms with Crippen molar-refractivity contribution in [3.8, 4) is 11.1 Å². The lowest BCUT2D eigenvalue weighted by atomic mass is 9.98. The van der Waals surface area contributed by atoms with E-state index in [1.807, 2.05) is 54.6 Å². The highest BCUT2D eigenvalue weighted by Crippen LogP contribution is 2.45. The van der Waals surface area contributed by atoms with Gasteiger partial charge in [0.15, 0.2) is 6.04 Å². The van der Waals surface area contributed by atoms with Crippen molar-refractivity contribution in [2.75, 3.05) is 5.75 Å². The van der Waals surface area contributed by atoms with Crippen molar-refractivity contribution in [2.24, 2.45) is 5.73 Å². The summed E-state index contributed by atoms with van der Waals surface area (Å²) in [6, 6.07) is 15.1. The summed E-state index contributed by atoms with van der Waals surface area (Å²) in [5.41, 5.74) is 7.32. The highest BCUT2D eigenvalue weighted by Gasteiger charge is 2.47. The minimum Gasteiger partial charge on any atom is -0.458 e. The molecule has 35 heavy (non-hydrogen) atoms. The predicted octanol–water partition coefficient (Wildman–Crippen LogP) is 4.31. The second-order valence-corrected chi connectivity index (χ2v) is 11.6. The molecule has 0 aliphatic carbocycles. The molecule has 0 bridgehead atoms. The van der Waals surface area contributed by atoms with Gasteiger partial charge in [-0.05, 0) is 58.2 Å². The molecule has 1 aliphatic heterocycles. The van der Waals surface area contributed by atoms with Gasteiger partial charge in [0.25, 0.3) is 5.91 Å². The van der Waals surface area contributed by atoms with Crippen LogP contribution in [0.4, 0.5) is 0 Å². The summed E-state index contributed by atoms with van der Waals surface area (Å²) in [4.78, 5) is 40.9.